The van der Waals surface area contributed by atoms with Gasteiger partial charge in [0, 0.05) is 36.7 Å². The maximum absolute atomic E-state index is 14.2. The van der Waals surface area contributed by atoms with E-state index in [9.17, 15) is 14.3 Å². The maximum atomic E-state index is 14.2. The summed E-state index contributed by atoms with van der Waals surface area (Å²) in [6, 6.07) is 10.7. The van der Waals surface area contributed by atoms with Crippen molar-refractivity contribution >= 4 is 5.91 Å². The Morgan fingerprint density at radius 2 is 1.93 bits per heavy atom. The summed E-state index contributed by atoms with van der Waals surface area (Å²) in [6.07, 6.45) is 4.07. The lowest BCUT2D eigenvalue weighted by Crippen LogP contribution is -2.52. The molecule has 0 aliphatic carbocycles. The molecule has 2 fully saturated rings. The van der Waals surface area contributed by atoms with E-state index in [2.05, 4.69) is 4.98 Å². The van der Waals surface area contributed by atoms with Crippen molar-refractivity contribution in [2.45, 2.75) is 56.7 Å². The average molecular weight is 384 g/mol. The van der Waals surface area contributed by atoms with Crippen molar-refractivity contribution in [1.82, 2.24) is 9.88 Å². The second kappa shape index (κ2) is 7.51. The number of ether oxygens (including phenoxy) is 1. The third kappa shape index (κ3) is 3.49. The maximum Gasteiger partial charge on any atom is 0.227 e. The number of carbonyl (C=O) groups is 1. The lowest BCUT2D eigenvalue weighted by molar-refractivity contribution is -0.141. The highest BCUT2D eigenvalue weighted by Crippen LogP contribution is 2.46. The summed E-state index contributed by atoms with van der Waals surface area (Å²) in [5.74, 6) is 0.226. The van der Waals surface area contributed by atoms with Gasteiger partial charge in [0.15, 0.2) is 0 Å². The van der Waals surface area contributed by atoms with Crippen molar-refractivity contribution in [1.29, 1.82) is 0 Å². The van der Waals surface area contributed by atoms with Gasteiger partial charge in [-0.1, -0.05) is 18.2 Å². The number of benzene rings is 1. The summed E-state index contributed by atoms with van der Waals surface area (Å²) >= 11 is 0. The van der Waals surface area contributed by atoms with Crippen LogP contribution in [0.25, 0.3) is 0 Å². The van der Waals surface area contributed by atoms with E-state index in [1.807, 2.05) is 36.1 Å². The number of aromatic nitrogens is 1. The van der Waals surface area contributed by atoms with Gasteiger partial charge in [0.25, 0.3) is 0 Å². The molecule has 0 spiro atoms. The smallest absolute Gasteiger partial charge is 0.227 e. The zero-order valence-electron chi connectivity index (χ0n) is 16.0. The van der Waals surface area contributed by atoms with Gasteiger partial charge in [0.05, 0.1) is 18.6 Å². The number of aliphatic hydroxyl groups is 1. The van der Waals surface area contributed by atoms with Crippen molar-refractivity contribution in [2.75, 3.05) is 6.61 Å². The zero-order valence-corrected chi connectivity index (χ0v) is 16.0. The fraction of sp³-hybridized carbons (Fsp3) is 0.455. The molecule has 2 aromatic rings. The van der Waals surface area contributed by atoms with E-state index < -0.39 is 11.5 Å². The third-order valence-corrected chi connectivity index (χ3v) is 5.90. The molecule has 6 heteroatoms. The topological polar surface area (TPSA) is 62.7 Å². The molecule has 28 heavy (non-hydrogen) atoms. The Kier molecular flexibility index (Phi) is 5.06. The van der Waals surface area contributed by atoms with Gasteiger partial charge in [-0.15, -0.1) is 0 Å². The van der Waals surface area contributed by atoms with Crippen LogP contribution in [0.2, 0.25) is 0 Å². The highest BCUT2D eigenvalue weighted by molar-refractivity contribution is 5.80. The van der Waals surface area contributed by atoms with Gasteiger partial charge in [0.2, 0.25) is 11.9 Å². The summed E-state index contributed by atoms with van der Waals surface area (Å²) in [4.78, 5) is 18.6. The van der Waals surface area contributed by atoms with Crippen molar-refractivity contribution in [2.24, 2.45) is 0 Å². The molecule has 2 unspecified atom stereocenters. The summed E-state index contributed by atoms with van der Waals surface area (Å²) < 4.78 is 19.6. The van der Waals surface area contributed by atoms with Crippen molar-refractivity contribution in [3.05, 3.63) is 59.7 Å². The van der Waals surface area contributed by atoms with Gasteiger partial charge in [-0.25, -0.2) is 4.98 Å². The molecule has 2 aliphatic heterocycles. The molecule has 1 aromatic carbocycles. The van der Waals surface area contributed by atoms with Crippen LogP contribution >= 0.6 is 0 Å². The van der Waals surface area contributed by atoms with Crippen LogP contribution in [0.3, 0.4) is 0 Å². The molecule has 0 radical (unpaired) electrons. The molecule has 4 rings (SSSR count). The van der Waals surface area contributed by atoms with Crippen LogP contribution in [-0.2, 0) is 16.8 Å². The van der Waals surface area contributed by atoms with Crippen LogP contribution in [0.4, 0.5) is 4.39 Å². The minimum atomic E-state index is -1.26. The Morgan fingerprint density at radius 1 is 1.25 bits per heavy atom. The summed E-state index contributed by atoms with van der Waals surface area (Å²) in [5, 5.41) is 11.1. The predicted octanol–water partition coefficient (Wildman–Crippen LogP) is 3.20. The van der Waals surface area contributed by atoms with Crippen molar-refractivity contribution in [3.63, 3.8) is 0 Å². The number of hydrogen-bond donors (Lipinski definition) is 1. The number of hydrogen-bond acceptors (Lipinski definition) is 4. The molecule has 2 atom stereocenters. The van der Waals surface area contributed by atoms with Crippen LogP contribution in [-0.4, -0.2) is 39.6 Å². The average Bonchev–Trinajstić information content (AvgIpc) is 2.96. The zero-order chi connectivity index (χ0) is 19.7. The number of rotatable bonds is 5. The minimum Gasteiger partial charge on any atom is -0.494 e. The first-order valence-corrected chi connectivity index (χ1v) is 9.86. The molecule has 1 amide bonds. The quantitative estimate of drug-likeness (QED) is 0.804. The number of halogens is 1. The van der Waals surface area contributed by atoms with Crippen molar-refractivity contribution in [3.8, 4) is 5.75 Å². The molecule has 2 bridgehead atoms. The van der Waals surface area contributed by atoms with Gasteiger partial charge in [0.1, 0.15) is 5.75 Å². The predicted molar refractivity (Wildman–Crippen MR) is 102 cm³/mol. The van der Waals surface area contributed by atoms with Gasteiger partial charge in [-0.05, 0) is 43.5 Å². The Bertz CT molecular complexity index is 841. The monoisotopic (exact) mass is 384 g/mol. The van der Waals surface area contributed by atoms with Gasteiger partial charge in [-0.2, -0.15) is 4.39 Å². The number of pyridine rings is 1. The molecule has 5 nitrogen and oxygen atoms in total. The second-order valence-corrected chi connectivity index (χ2v) is 7.72. The molecule has 1 N–H and O–H groups in total. The van der Waals surface area contributed by atoms with Crippen molar-refractivity contribution < 1.29 is 19.0 Å². The fourth-order valence-corrected chi connectivity index (χ4v) is 4.72. The Hall–Kier alpha value is -2.47. The number of piperidine rings is 1. The second-order valence-electron chi connectivity index (χ2n) is 7.72. The Labute approximate surface area is 164 Å². The van der Waals surface area contributed by atoms with Gasteiger partial charge >= 0.3 is 0 Å². The minimum absolute atomic E-state index is 0.0605. The third-order valence-electron chi connectivity index (χ3n) is 5.90. The van der Waals surface area contributed by atoms with E-state index in [1.165, 1.54) is 6.20 Å². The summed E-state index contributed by atoms with van der Waals surface area (Å²) in [5.41, 5.74) is -0.0855. The van der Waals surface area contributed by atoms with Crippen LogP contribution < -0.4 is 4.74 Å². The lowest BCUT2D eigenvalue weighted by Gasteiger charge is -2.44. The normalized spacial score (nSPS) is 26.3. The highest BCUT2D eigenvalue weighted by Gasteiger charge is 2.50. The van der Waals surface area contributed by atoms with E-state index in [0.717, 1.165) is 24.2 Å². The number of nitrogens with zero attached hydrogens (tertiary/aromatic N) is 2. The van der Waals surface area contributed by atoms with Gasteiger partial charge < -0.3 is 14.7 Å². The SMILES string of the molecule is CCOc1ccc(CC(=O)N2C3CCC2CC(O)(c2cccnc2F)C3)cc1. The van der Waals surface area contributed by atoms with E-state index in [0.29, 0.717) is 25.9 Å². The van der Waals surface area contributed by atoms with Crippen LogP contribution in [0.5, 0.6) is 5.75 Å². The van der Waals surface area contributed by atoms with Crippen LogP contribution in [0.1, 0.15) is 43.7 Å². The van der Waals surface area contributed by atoms with Crippen LogP contribution in [0.15, 0.2) is 42.6 Å². The fourth-order valence-electron chi connectivity index (χ4n) is 4.72. The standard InChI is InChI=1S/C22H25FN2O3/c1-2-28-18-9-5-15(6-10-18)12-20(26)25-16-7-8-17(25)14-22(27,13-16)19-4-3-11-24-21(19)23/h3-6,9-11,16-17,27H,2,7-8,12-14H2,1H3. The highest BCUT2D eigenvalue weighted by atomic mass is 19.1. The molecule has 3 heterocycles. The number of amides is 1. The number of fused-ring (bicyclic) bond motifs is 2. The first-order chi connectivity index (χ1) is 13.5. The molecular formula is C22H25FN2O3. The molecule has 0 saturated carbocycles. The van der Waals surface area contributed by atoms with Gasteiger partial charge in [-0.3, -0.25) is 4.79 Å². The largest absolute Gasteiger partial charge is 0.494 e. The first kappa shape index (κ1) is 18.9. The molecule has 2 aliphatic rings. The lowest BCUT2D eigenvalue weighted by atomic mass is 9.81. The Morgan fingerprint density at radius 3 is 2.54 bits per heavy atom. The van der Waals surface area contributed by atoms with E-state index >= 15 is 0 Å². The summed E-state index contributed by atoms with van der Waals surface area (Å²) in [6.45, 7) is 2.54. The van der Waals surface area contributed by atoms with E-state index in [4.69, 9.17) is 4.74 Å². The van der Waals surface area contributed by atoms with E-state index in [-0.39, 0.29) is 23.6 Å². The molecular weight excluding hydrogens is 359 g/mol. The van der Waals surface area contributed by atoms with Crippen LogP contribution in [0, 0.1) is 5.95 Å². The Balaban J connectivity index is 1.47. The van der Waals surface area contributed by atoms with E-state index in [1.54, 1.807) is 12.1 Å². The molecule has 2 saturated heterocycles. The number of carbonyl (C=O) groups excluding carboxylic acids is 1. The summed E-state index contributed by atoms with van der Waals surface area (Å²) in [7, 11) is 0. The molecule has 148 valence electrons. The first-order valence-electron chi connectivity index (χ1n) is 9.86. The molecule has 1 aromatic heterocycles.